The van der Waals surface area contributed by atoms with Crippen LogP contribution in [0.15, 0.2) is 10.7 Å². The van der Waals surface area contributed by atoms with E-state index in [1.807, 2.05) is 11.8 Å². The number of rotatable bonds is 2. The van der Waals surface area contributed by atoms with Crippen molar-refractivity contribution in [3.8, 4) is 0 Å². The van der Waals surface area contributed by atoms with Crippen LogP contribution in [0.5, 0.6) is 0 Å². The van der Waals surface area contributed by atoms with E-state index in [1.165, 1.54) is 6.26 Å². The number of nitrogens with zero attached hydrogens (tertiary/aromatic N) is 2. The molecule has 5 nitrogen and oxygen atoms in total. The lowest BCUT2D eigenvalue weighted by molar-refractivity contribution is 0.0343. The Bertz CT molecular complexity index is 325. The number of aromatic nitrogens is 1. The van der Waals surface area contributed by atoms with Crippen molar-refractivity contribution in [1.82, 2.24) is 4.98 Å². The summed E-state index contributed by atoms with van der Waals surface area (Å²) in [6.45, 7) is 3.21. The molecular weight excluding hydrogens is 196 g/mol. The molecule has 0 aliphatic carbocycles. The average molecular weight is 212 g/mol. The highest BCUT2D eigenvalue weighted by Gasteiger charge is 2.29. The minimum atomic E-state index is -0.567. The van der Waals surface area contributed by atoms with Gasteiger partial charge in [0.2, 0.25) is 0 Å². The number of piperidine rings is 1. The zero-order valence-electron chi connectivity index (χ0n) is 8.81. The fraction of sp³-hybridized carbons (Fsp3) is 0.700. The molecule has 1 aliphatic rings. The summed E-state index contributed by atoms with van der Waals surface area (Å²) >= 11 is 0. The van der Waals surface area contributed by atoms with Crippen molar-refractivity contribution in [1.29, 1.82) is 0 Å². The van der Waals surface area contributed by atoms with Gasteiger partial charge in [0.1, 0.15) is 12.0 Å². The molecule has 0 amide bonds. The summed E-state index contributed by atoms with van der Waals surface area (Å²) in [7, 11) is 0. The molecule has 5 heteroatoms. The maximum Gasteiger partial charge on any atom is 0.297 e. The summed E-state index contributed by atoms with van der Waals surface area (Å²) in [5.74, 6) is 0. The van der Waals surface area contributed by atoms with E-state index in [0.29, 0.717) is 24.6 Å². The third kappa shape index (κ3) is 2.30. The van der Waals surface area contributed by atoms with Crippen molar-refractivity contribution < 1.29 is 14.6 Å². The van der Waals surface area contributed by atoms with Gasteiger partial charge in [-0.1, -0.05) is 0 Å². The Balaban J connectivity index is 2.01. The fourth-order valence-corrected chi connectivity index (χ4v) is 1.69. The number of hydrogen-bond acceptors (Lipinski definition) is 5. The first kappa shape index (κ1) is 10.4. The van der Waals surface area contributed by atoms with Crippen LogP contribution in [0.1, 0.15) is 25.5 Å². The van der Waals surface area contributed by atoms with Crippen LogP contribution >= 0.6 is 0 Å². The Hall–Kier alpha value is -1.07. The van der Waals surface area contributed by atoms with Gasteiger partial charge in [-0.3, -0.25) is 0 Å². The standard InChI is InChI=1S/C10H16N2O3/c1-10(14)2-4-12(5-3-10)9-11-8(6-13)7-15-9/h7,13-14H,2-6H2,1H3. The molecule has 1 saturated heterocycles. The summed E-state index contributed by atoms with van der Waals surface area (Å²) in [4.78, 5) is 6.11. The molecule has 84 valence electrons. The molecule has 0 aromatic carbocycles. The third-order valence-electron chi connectivity index (χ3n) is 2.81. The van der Waals surface area contributed by atoms with Crippen LogP contribution in [0, 0.1) is 0 Å². The van der Waals surface area contributed by atoms with Crippen molar-refractivity contribution in [3.63, 3.8) is 0 Å². The lowest BCUT2D eigenvalue weighted by Crippen LogP contribution is -2.42. The summed E-state index contributed by atoms with van der Waals surface area (Å²) < 4.78 is 5.24. The quantitative estimate of drug-likeness (QED) is 0.747. The number of hydrogen-bond donors (Lipinski definition) is 2. The van der Waals surface area contributed by atoms with Gasteiger partial charge in [0.05, 0.1) is 12.2 Å². The maximum absolute atomic E-state index is 9.77. The largest absolute Gasteiger partial charge is 0.432 e. The molecule has 1 aliphatic heterocycles. The molecule has 15 heavy (non-hydrogen) atoms. The van der Waals surface area contributed by atoms with Crippen molar-refractivity contribution >= 4 is 6.01 Å². The Morgan fingerprint density at radius 2 is 2.20 bits per heavy atom. The zero-order valence-corrected chi connectivity index (χ0v) is 8.81. The first-order chi connectivity index (χ1) is 7.11. The van der Waals surface area contributed by atoms with Crippen LogP contribution < -0.4 is 4.90 Å². The monoisotopic (exact) mass is 212 g/mol. The Labute approximate surface area is 88.3 Å². The second-order valence-electron chi connectivity index (χ2n) is 4.26. The van der Waals surface area contributed by atoms with Crippen molar-refractivity contribution in [2.75, 3.05) is 18.0 Å². The number of oxazole rings is 1. The minimum Gasteiger partial charge on any atom is -0.432 e. The molecule has 2 N–H and O–H groups in total. The molecule has 0 atom stereocenters. The van der Waals surface area contributed by atoms with Crippen molar-refractivity contribution in [2.24, 2.45) is 0 Å². The first-order valence-electron chi connectivity index (χ1n) is 5.13. The lowest BCUT2D eigenvalue weighted by Gasteiger charge is -2.34. The summed E-state index contributed by atoms with van der Waals surface area (Å²) in [6, 6.07) is 0.537. The van der Waals surface area contributed by atoms with E-state index in [1.54, 1.807) is 0 Å². The van der Waals surface area contributed by atoms with Crippen LogP contribution in [0.2, 0.25) is 0 Å². The highest BCUT2D eigenvalue weighted by molar-refractivity contribution is 5.28. The summed E-state index contributed by atoms with van der Waals surface area (Å²) in [5.41, 5.74) is -0.0227. The van der Waals surface area contributed by atoms with Gasteiger partial charge in [-0.2, -0.15) is 4.98 Å². The molecule has 0 bridgehead atoms. The van der Waals surface area contributed by atoms with Gasteiger partial charge in [0, 0.05) is 13.1 Å². The van der Waals surface area contributed by atoms with Crippen LogP contribution in [-0.2, 0) is 6.61 Å². The van der Waals surface area contributed by atoms with E-state index < -0.39 is 5.60 Å². The second-order valence-corrected chi connectivity index (χ2v) is 4.26. The Morgan fingerprint density at radius 3 is 2.73 bits per heavy atom. The van der Waals surface area contributed by atoms with Gasteiger partial charge >= 0.3 is 0 Å². The van der Waals surface area contributed by atoms with Crippen molar-refractivity contribution in [2.45, 2.75) is 32.0 Å². The second kappa shape index (κ2) is 3.83. The summed E-state index contributed by atoms with van der Waals surface area (Å²) in [6.07, 6.45) is 2.88. The van der Waals surface area contributed by atoms with E-state index in [4.69, 9.17) is 9.52 Å². The number of aliphatic hydroxyl groups excluding tert-OH is 1. The lowest BCUT2D eigenvalue weighted by atomic mass is 9.94. The molecule has 0 radical (unpaired) electrons. The van der Waals surface area contributed by atoms with Gasteiger partial charge in [0.15, 0.2) is 0 Å². The van der Waals surface area contributed by atoms with E-state index in [9.17, 15) is 5.11 Å². The van der Waals surface area contributed by atoms with Gasteiger partial charge in [-0.15, -0.1) is 0 Å². The van der Waals surface area contributed by atoms with Crippen LogP contribution in [0.25, 0.3) is 0 Å². The molecule has 2 rings (SSSR count). The number of aliphatic hydroxyl groups is 2. The number of anilines is 1. The van der Waals surface area contributed by atoms with E-state index >= 15 is 0 Å². The van der Waals surface area contributed by atoms with E-state index in [-0.39, 0.29) is 6.61 Å². The Kier molecular flexibility index (Phi) is 2.67. The molecule has 2 heterocycles. The van der Waals surface area contributed by atoms with Gasteiger partial charge in [0.25, 0.3) is 6.01 Å². The molecular formula is C10H16N2O3. The van der Waals surface area contributed by atoms with Crippen molar-refractivity contribution in [3.05, 3.63) is 12.0 Å². The highest BCUT2D eigenvalue weighted by Crippen LogP contribution is 2.25. The SMILES string of the molecule is CC1(O)CCN(c2nc(CO)co2)CC1. The normalized spacial score (nSPS) is 20.6. The smallest absolute Gasteiger partial charge is 0.297 e. The Morgan fingerprint density at radius 1 is 1.53 bits per heavy atom. The average Bonchev–Trinajstić information content (AvgIpc) is 2.66. The minimum absolute atomic E-state index is 0.102. The van der Waals surface area contributed by atoms with Gasteiger partial charge in [-0.25, -0.2) is 0 Å². The third-order valence-corrected chi connectivity index (χ3v) is 2.81. The van der Waals surface area contributed by atoms with Crippen LogP contribution in [0.3, 0.4) is 0 Å². The van der Waals surface area contributed by atoms with E-state index in [0.717, 1.165) is 13.1 Å². The molecule has 0 unspecified atom stereocenters. The van der Waals surface area contributed by atoms with Gasteiger partial charge in [-0.05, 0) is 19.8 Å². The molecule has 0 saturated carbocycles. The van der Waals surface area contributed by atoms with Crippen LogP contribution in [-0.4, -0.2) is 33.9 Å². The predicted octanol–water partition coefficient (Wildman–Crippen LogP) is 0.518. The zero-order chi connectivity index (χ0) is 10.9. The maximum atomic E-state index is 9.77. The molecule has 1 fully saturated rings. The highest BCUT2D eigenvalue weighted by atomic mass is 16.4. The fourth-order valence-electron chi connectivity index (χ4n) is 1.69. The molecule has 1 aromatic rings. The molecule has 0 spiro atoms. The topological polar surface area (TPSA) is 69.7 Å². The van der Waals surface area contributed by atoms with Gasteiger partial charge < -0.3 is 19.5 Å². The molecule has 1 aromatic heterocycles. The first-order valence-corrected chi connectivity index (χ1v) is 5.13. The van der Waals surface area contributed by atoms with Crippen LogP contribution in [0.4, 0.5) is 6.01 Å². The van der Waals surface area contributed by atoms with E-state index in [2.05, 4.69) is 4.98 Å². The summed E-state index contributed by atoms with van der Waals surface area (Å²) in [5, 5.41) is 18.6. The predicted molar refractivity (Wildman–Crippen MR) is 54.5 cm³/mol.